The molecule has 16 heavy (non-hydrogen) atoms. The lowest BCUT2D eigenvalue weighted by Crippen LogP contribution is -2.40. The molecule has 0 aromatic rings. The summed E-state index contributed by atoms with van der Waals surface area (Å²) < 4.78 is 0. The molecule has 2 aliphatic rings. The standard InChI is InChI=1S/C13H26N2O/c16-9-4-2-1-3-8-15-10-12-6-5-7-14-13(12)11-15/h12-14,16H,1-11H2. The van der Waals surface area contributed by atoms with E-state index in [1.54, 1.807) is 0 Å². The number of nitrogens with one attached hydrogen (secondary N) is 1. The number of aliphatic hydroxyl groups excluding tert-OH is 1. The second kappa shape index (κ2) is 6.58. The molecule has 2 atom stereocenters. The van der Waals surface area contributed by atoms with E-state index < -0.39 is 0 Å². The monoisotopic (exact) mass is 226 g/mol. The maximum absolute atomic E-state index is 8.70. The fourth-order valence-corrected chi connectivity index (χ4v) is 3.12. The van der Waals surface area contributed by atoms with Crippen molar-refractivity contribution in [3.63, 3.8) is 0 Å². The molecule has 0 saturated carbocycles. The number of hydrogen-bond acceptors (Lipinski definition) is 3. The number of nitrogens with zero attached hydrogens (tertiary/aromatic N) is 1. The van der Waals surface area contributed by atoms with E-state index in [0.29, 0.717) is 6.61 Å². The SMILES string of the molecule is OCCCCCCN1CC2CCCNC2C1. The molecule has 2 saturated heterocycles. The zero-order chi connectivity index (χ0) is 11.2. The fourth-order valence-electron chi connectivity index (χ4n) is 3.12. The Bertz CT molecular complexity index is 184. The van der Waals surface area contributed by atoms with Gasteiger partial charge in [0.05, 0.1) is 0 Å². The maximum Gasteiger partial charge on any atom is 0.0431 e. The third-order valence-electron chi connectivity index (χ3n) is 4.06. The smallest absolute Gasteiger partial charge is 0.0431 e. The zero-order valence-electron chi connectivity index (χ0n) is 10.3. The fraction of sp³-hybridized carbons (Fsp3) is 1.00. The van der Waals surface area contributed by atoms with Crippen LogP contribution in [0.25, 0.3) is 0 Å². The second-order valence-corrected chi connectivity index (χ2v) is 5.36. The third kappa shape index (κ3) is 3.44. The molecule has 2 rings (SSSR count). The van der Waals surface area contributed by atoms with Crippen LogP contribution < -0.4 is 5.32 Å². The number of piperidine rings is 1. The molecule has 2 unspecified atom stereocenters. The lowest BCUT2D eigenvalue weighted by Gasteiger charge is -2.24. The van der Waals surface area contributed by atoms with Gasteiger partial charge in [-0.2, -0.15) is 0 Å². The van der Waals surface area contributed by atoms with Gasteiger partial charge in [-0.15, -0.1) is 0 Å². The summed E-state index contributed by atoms with van der Waals surface area (Å²) in [6.07, 6.45) is 7.55. The Kier molecular flexibility index (Phi) is 5.07. The minimum Gasteiger partial charge on any atom is -0.396 e. The Hall–Kier alpha value is -0.120. The Morgan fingerprint density at radius 3 is 2.81 bits per heavy atom. The van der Waals surface area contributed by atoms with Crippen molar-refractivity contribution in [2.75, 3.05) is 32.8 Å². The van der Waals surface area contributed by atoms with Crippen LogP contribution in [0.5, 0.6) is 0 Å². The quantitative estimate of drug-likeness (QED) is 0.669. The molecule has 0 radical (unpaired) electrons. The van der Waals surface area contributed by atoms with Gasteiger partial charge in [-0.3, -0.25) is 0 Å². The first-order valence-corrected chi connectivity index (χ1v) is 6.97. The molecule has 2 aliphatic heterocycles. The van der Waals surface area contributed by atoms with Crippen molar-refractivity contribution in [1.29, 1.82) is 0 Å². The van der Waals surface area contributed by atoms with Crippen LogP contribution in [0, 0.1) is 5.92 Å². The van der Waals surface area contributed by atoms with Crippen molar-refractivity contribution in [3.8, 4) is 0 Å². The van der Waals surface area contributed by atoms with E-state index in [1.165, 1.54) is 58.3 Å². The van der Waals surface area contributed by atoms with Crippen molar-refractivity contribution in [1.82, 2.24) is 10.2 Å². The Labute approximate surface area is 99.2 Å². The van der Waals surface area contributed by atoms with Gasteiger partial charge in [-0.1, -0.05) is 12.8 Å². The van der Waals surface area contributed by atoms with Crippen LogP contribution in [-0.4, -0.2) is 48.8 Å². The first kappa shape index (κ1) is 12.3. The van der Waals surface area contributed by atoms with Crippen LogP contribution in [0.1, 0.15) is 38.5 Å². The molecule has 0 spiro atoms. The minimum absolute atomic E-state index is 0.359. The van der Waals surface area contributed by atoms with Crippen LogP contribution >= 0.6 is 0 Å². The summed E-state index contributed by atoms with van der Waals surface area (Å²) in [5.41, 5.74) is 0. The highest BCUT2D eigenvalue weighted by atomic mass is 16.2. The Morgan fingerprint density at radius 1 is 1.12 bits per heavy atom. The summed E-state index contributed by atoms with van der Waals surface area (Å²) >= 11 is 0. The molecule has 0 aromatic heterocycles. The van der Waals surface area contributed by atoms with Gasteiger partial charge in [0, 0.05) is 25.7 Å². The summed E-state index contributed by atoms with van der Waals surface area (Å²) in [5.74, 6) is 0.922. The molecule has 2 heterocycles. The lowest BCUT2D eigenvalue weighted by molar-refractivity contribution is 0.276. The molecule has 3 nitrogen and oxygen atoms in total. The second-order valence-electron chi connectivity index (χ2n) is 5.36. The van der Waals surface area contributed by atoms with E-state index in [1.807, 2.05) is 0 Å². The maximum atomic E-state index is 8.70. The van der Waals surface area contributed by atoms with Crippen LogP contribution in [0.4, 0.5) is 0 Å². The van der Waals surface area contributed by atoms with Crippen molar-refractivity contribution in [3.05, 3.63) is 0 Å². The summed E-state index contributed by atoms with van der Waals surface area (Å²) in [5, 5.41) is 12.3. The van der Waals surface area contributed by atoms with Gasteiger partial charge in [0.15, 0.2) is 0 Å². The number of fused-ring (bicyclic) bond motifs is 1. The van der Waals surface area contributed by atoms with E-state index in [4.69, 9.17) is 5.11 Å². The van der Waals surface area contributed by atoms with Crippen LogP contribution in [0.15, 0.2) is 0 Å². The molecule has 94 valence electrons. The van der Waals surface area contributed by atoms with Gasteiger partial charge in [-0.05, 0) is 44.7 Å². The van der Waals surface area contributed by atoms with Gasteiger partial charge in [0.25, 0.3) is 0 Å². The zero-order valence-corrected chi connectivity index (χ0v) is 10.3. The largest absolute Gasteiger partial charge is 0.396 e. The molecular formula is C13H26N2O. The van der Waals surface area contributed by atoms with Gasteiger partial charge < -0.3 is 15.3 Å². The van der Waals surface area contributed by atoms with Crippen molar-refractivity contribution in [2.45, 2.75) is 44.6 Å². The van der Waals surface area contributed by atoms with Crippen molar-refractivity contribution in [2.24, 2.45) is 5.92 Å². The minimum atomic E-state index is 0.359. The third-order valence-corrected chi connectivity index (χ3v) is 4.06. The highest BCUT2D eigenvalue weighted by molar-refractivity contribution is 4.91. The topological polar surface area (TPSA) is 35.5 Å². The molecule has 0 amide bonds. The van der Waals surface area contributed by atoms with Gasteiger partial charge in [0.2, 0.25) is 0 Å². The van der Waals surface area contributed by atoms with Crippen LogP contribution in [0.2, 0.25) is 0 Å². The van der Waals surface area contributed by atoms with E-state index in [0.717, 1.165) is 18.4 Å². The summed E-state index contributed by atoms with van der Waals surface area (Å²) in [7, 11) is 0. The van der Waals surface area contributed by atoms with Crippen molar-refractivity contribution < 1.29 is 5.11 Å². The summed E-state index contributed by atoms with van der Waals surface area (Å²) in [4.78, 5) is 2.63. The molecule has 0 aliphatic carbocycles. The van der Waals surface area contributed by atoms with E-state index in [2.05, 4.69) is 10.2 Å². The Balaban J connectivity index is 1.57. The normalized spacial score (nSPS) is 30.6. The van der Waals surface area contributed by atoms with E-state index >= 15 is 0 Å². The highest BCUT2D eigenvalue weighted by Gasteiger charge is 2.33. The number of hydrogen-bond donors (Lipinski definition) is 2. The van der Waals surface area contributed by atoms with Crippen LogP contribution in [-0.2, 0) is 0 Å². The molecule has 2 N–H and O–H groups in total. The average molecular weight is 226 g/mol. The first-order valence-electron chi connectivity index (χ1n) is 6.97. The summed E-state index contributed by atoms with van der Waals surface area (Å²) in [6, 6.07) is 0.784. The average Bonchev–Trinajstić information content (AvgIpc) is 2.71. The van der Waals surface area contributed by atoms with Gasteiger partial charge >= 0.3 is 0 Å². The Morgan fingerprint density at radius 2 is 2.00 bits per heavy atom. The predicted octanol–water partition coefficient (Wildman–Crippen LogP) is 1.22. The molecule has 0 bridgehead atoms. The van der Waals surface area contributed by atoms with E-state index in [9.17, 15) is 0 Å². The lowest BCUT2D eigenvalue weighted by atomic mass is 9.94. The van der Waals surface area contributed by atoms with Crippen LogP contribution in [0.3, 0.4) is 0 Å². The van der Waals surface area contributed by atoms with E-state index in [-0.39, 0.29) is 0 Å². The number of aliphatic hydroxyl groups is 1. The van der Waals surface area contributed by atoms with Gasteiger partial charge in [0.1, 0.15) is 0 Å². The molecule has 3 heteroatoms. The number of unbranched alkanes of at least 4 members (excludes halogenated alkanes) is 3. The van der Waals surface area contributed by atoms with Crippen molar-refractivity contribution >= 4 is 0 Å². The molecular weight excluding hydrogens is 200 g/mol. The highest BCUT2D eigenvalue weighted by Crippen LogP contribution is 2.24. The molecule has 0 aromatic carbocycles. The predicted molar refractivity (Wildman–Crippen MR) is 66.5 cm³/mol. The number of likely N-dealkylation sites (tertiary alicyclic amines) is 1. The van der Waals surface area contributed by atoms with Gasteiger partial charge in [-0.25, -0.2) is 0 Å². The molecule has 2 fully saturated rings. The number of rotatable bonds is 6. The summed E-state index contributed by atoms with van der Waals surface area (Å²) in [6.45, 7) is 5.44. The first-order chi connectivity index (χ1) is 7.90.